The summed E-state index contributed by atoms with van der Waals surface area (Å²) in [4.78, 5) is 35.8. The quantitative estimate of drug-likeness (QED) is 0.664. The van der Waals surface area contributed by atoms with E-state index in [0.717, 1.165) is 0 Å². The molecule has 3 aromatic rings. The summed E-state index contributed by atoms with van der Waals surface area (Å²) in [5, 5.41) is 9.73. The summed E-state index contributed by atoms with van der Waals surface area (Å²) < 4.78 is 0. The highest BCUT2D eigenvalue weighted by Crippen LogP contribution is 2.26. The molecule has 3 heterocycles. The first-order chi connectivity index (χ1) is 10.1. The molecule has 1 amide bonds. The van der Waals surface area contributed by atoms with Gasteiger partial charge in [0.1, 0.15) is 17.0 Å². The van der Waals surface area contributed by atoms with Crippen LogP contribution in [-0.2, 0) is 0 Å². The monoisotopic (exact) mass is 304 g/mol. The molecule has 0 fully saturated rings. The second-order valence-electron chi connectivity index (χ2n) is 4.53. The van der Waals surface area contributed by atoms with Crippen molar-refractivity contribution in [2.75, 3.05) is 0 Å². The van der Waals surface area contributed by atoms with Gasteiger partial charge in [0.2, 0.25) is 0 Å². The zero-order valence-electron chi connectivity index (χ0n) is 11.3. The van der Waals surface area contributed by atoms with Gasteiger partial charge in [-0.1, -0.05) is 0 Å². The summed E-state index contributed by atoms with van der Waals surface area (Å²) in [6, 6.07) is -0.309. The molecule has 0 saturated carbocycles. The zero-order valence-corrected chi connectivity index (χ0v) is 12.1. The van der Waals surface area contributed by atoms with Gasteiger partial charge in [0, 0.05) is 0 Å². The van der Waals surface area contributed by atoms with Crippen LogP contribution in [0.3, 0.4) is 0 Å². The van der Waals surface area contributed by atoms with Gasteiger partial charge in [-0.2, -0.15) is 5.10 Å². The molecule has 0 saturated heterocycles. The predicted octanol–water partition coefficient (Wildman–Crippen LogP) is 0.902. The number of rotatable bonds is 3. The average molecular weight is 304 g/mol. The Balaban J connectivity index is 1.93. The number of nitrogens with zero attached hydrogens (tertiary/aromatic N) is 3. The number of aromatic nitrogens is 5. The Morgan fingerprint density at radius 2 is 2.24 bits per heavy atom. The van der Waals surface area contributed by atoms with Gasteiger partial charge in [0.15, 0.2) is 0 Å². The molecule has 3 rings (SSSR count). The molecule has 8 nitrogen and oxygen atoms in total. The number of thiophene rings is 1. The molecule has 1 atom stereocenters. The van der Waals surface area contributed by atoms with Crippen molar-refractivity contribution in [2.45, 2.75) is 19.9 Å². The topological polar surface area (TPSA) is 116 Å². The maximum atomic E-state index is 12.3. The number of nitrogens with one attached hydrogen (secondary N) is 3. The van der Waals surface area contributed by atoms with E-state index in [-0.39, 0.29) is 17.5 Å². The minimum atomic E-state index is -0.309. The molecule has 0 aliphatic rings. The number of hydrogen-bond acceptors (Lipinski definition) is 6. The van der Waals surface area contributed by atoms with Crippen molar-refractivity contribution >= 4 is 27.5 Å². The molecule has 0 radical (unpaired) electrons. The van der Waals surface area contributed by atoms with E-state index in [9.17, 15) is 9.59 Å². The van der Waals surface area contributed by atoms with Crippen molar-refractivity contribution in [3.8, 4) is 0 Å². The predicted molar refractivity (Wildman–Crippen MR) is 77.2 cm³/mol. The molecule has 0 aromatic carbocycles. The molecular weight excluding hydrogens is 292 g/mol. The summed E-state index contributed by atoms with van der Waals surface area (Å²) in [6.07, 6.45) is 2.71. The SMILES string of the molecule is Cc1c(C(=O)NC(C)c2ncn[nH]2)sc2nc[nH]c(=O)c12. The van der Waals surface area contributed by atoms with Crippen LogP contribution in [0.2, 0.25) is 0 Å². The lowest BCUT2D eigenvalue weighted by atomic mass is 10.2. The lowest BCUT2D eigenvalue weighted by Gasteiger charge is -2.10. The summed E-state index contributed by atoms with van der Waals surface area (Å²) in [5.41, 5.74) is 0.391. The Morgan fingerprint density at radius 3 is 2.90 bits per heavy atom. The fourth-order valence-electron chi connectivity index (χ4n) is 2.05. The second-order valence-corrected chi connectivity index (χ2v) is 5.53. The van der Waals surface area contributed by atoms with E-state index in [4.69, 9.17) is 0 Å². The molecule has 21 heavy (non-hydrogen) atoms. The lowest BCUT2D eigenvalue weighted by molar-refractivity contribution is 0.0942. The van der Waals surface area contributed by atoms with Crippen molar-refractivity contribution in [3.63, 3.8) is 0 Å². The van der Waals surface area contributed by atoms with Crippen molar-refractivity contribution in [2.24, 2.45) is 0 Å². The summed E-state index contributed by atoms with van der Waals surface area (Å²) in [6.45, 7) is 3.54. The first kappa shape index (κ1) is 13.4. The van der Waals surface area contributed by atoms with Crippen molar-refractivity contribution < 1.29 is 4.79 Å². The van der Waals surface area contributed by atoms with E-state index in [1.54, 1.807) is 13.8 Å². The van der Waals surface area contributed by atoms with Crippen LogP contribution < -0.4 is 10.9 Å². The molecule has 9 heteroatoms. The highest BCUT2D eigenvalue weighted by atomic mass is 32.1. The molecule has 108 valence electrons. The van der Waals surface area contributed by atoms with Crippen LogP contribution in [0.4, 0.5) is 0 Å². The van der Waals surface area contributed by atoms with Crippen LogP contribution in [0.5, 0.6) is 0 Å². The molecule has 1 unspecified atom stereocenters. The average Bonchev–Trinajstić information content (AvgIpc) is 3.07. The van der Waals surface area contributed by atoms with Crippen LogP contribution in [-0.4, -0.2) is 31.1 Å². The van der Waals surface area contributed by atoms with Gasteiger partial charge < -0.3 is 10.3 Å². The Kier molecular flexibility index (Phi) is 3.26. The summed E-state index contributed by atoms with van der Waals surface area (Å²) in [7, 11) is 0. The van der Waals surface area contributed by atoms with Crippen LogP contribution in [0.1, 0.15) is 34.0 Å². The van der Waals surface area contributed by atoms with Crippen LogP contribution in [0.15, 0.2) is 17.4 Å². The van der Waals surface area contributed by atoms with Gasteiger partial charge in [0.25, 0.3) is 11.5 Å². The number of aromatic amines is 2. The Hall–Kier alpha value is -2.55. The summed E-state index contributed by atoms with van der Waals surface area (Å²) >= 11 is 1.20. The molecule has 0 aliphatic heterocycles. The van der Waals surface area contributed by atoms with Gasteiger partial charge in [-0.05, 0) is 19.4 Å². The Labute approximate surface area is 122 Å². The van der Waals surface area contributed by atoms with E-state index in [1.807, 2.05) is 0 Å². The molecule has 0 spiro atoms. The van der Waals surface area contributed by atoms with Crippen molar-refractivity contribution in [1.82, 2.24) is 30.5 Å². The van der Waals surface area contributed by atoms with E-state index in [0.29, 0.717) is 26.5 Å². The minimum absolute atomic E-state index is 0.240. The zero-order chi connectivity index (χ0) is 15.0. The molecule has 0 bridgehead atoms. The third-order valence-corrected chi connectivity index (χ3v) is 4.33. The number of hydrogen-bond donors (Lipinski definition) is 3. The minimum Gasteiger partial charge on any atom is -0.342 e. The van der Waals surface area contributed by atoms with E-state index >= 15 is 0 Å². The van der Waals surface area contributed by atoms with Gasteiger partial charge in [0.05, 0.1) is 22.6 Å². The third kappa shape index (κ3) is 2.31. The number of carbonyl (C=O) groups excluding carboxylic acids is 1. The van der Waals surface area contributed by atoms with Crippen LogP contribution in [0.25, 0.3) is 10.2 Å². The highest BCUT2D eigenvalue weighted by Gasteiger charge is 2.20. The number of aryl methyl sites for hydroxylation is 1. The fraction of sp³-hybridized carbons (Fsp3) is 0.250. The molecule has 0 aliphatic carbocycles. The maximum absolute atomic E-state index is 12.3. The number of amides is 1. The third-order valence-electron chi connectivity index (χ3n) is 3.13. The van der Waals surface area contributed by atoms with E-state index in [2.05, 4.69) is 30.5 Å². The number of H-pyrrole nitrogens is 2. The van der Waals surface area contributed by atoms with Crippen molar-refractivity contribution in [3.05, 3.63) is 39.3 Å². The Morgan fingerprint density at radius 1 is 1.43 bits per heavy atom. The number of fused-ring (bicyclic) bond motifs is 1. The highest BCUT2D eigenvalue weighted by molar-refractivity contribution is 7.20. The van der Waals surface area contributed by atoms with Gasteiger partial charge >= 0.3 is 0 Å². The smallest absolute Gasteiger partial charge is 0.262 e. The van der Waals surface area contributed by atoms with Crippen molar-refractivity contribution in [1.29, 1.82) is 0 Å². The Bertz CT molecular complexity index is 850. The molecule has 3 aromatic heterocycles. The lowest BCUT2D eigenvalue weighted by Crippen LogP contribution is -2.27. The molecular formula is C12H12N6O2S. The first-order valence-electron chi connectivity index (χ1n) is 6.21. The van der Waals surface area contributed by atoms with Crippen LogP contribution >= 0.6 is 11.3 Å². The maximum Gasteiger partial charge on any atom is 0.262 e. The normalized spacial score (nSPS) is 12.5. The van der Waals surface area contributed by atoms with Gasteiger partial charge in [-0.25, -0.2) is 9.97 Å². The van der Waals surface area contributed by atoms with E-state index < -0.39 is 0 Å². The second kappa shape index (κ2) is 5.09. The largest absolute Gasteiger partial charge is 0.342 e. The van der Waals surface area contributed by atoms with E-state index in [1.165, 1.54) is 24.0 Å². The number of carbonyl (C=O) groups is 1. The van der Waals surface area contributed by atoms with Crippen LogP contribution in [0, 0.1) is 6.92 Å². The molecule has 3 N–H and O–H groups in total. The van der Waals surface area contributed by atoms with Gasteiger partial charge in [-0.15, -0.1) is 11.3 Å². The first-order valence-corrected chi connectivity index (χ1v) is 7.02. The fourth-order valence-corrected chi connectivity index (χ4v) is 3.10. The standard InChI is InChI=1S/C12H12N6O2S/c1-5-7-10(19)14-3-15-12(7)21-8(5)11(20)17-6(2)9-13-4-16-18-9/h3-4,6H,1-2H3,(H,17,20)(H,13,16,18)(H,14,15,19). The summed E-state index contributed by atoms with van der Waals surface area (Å²) in [5.74, 6) is 0.303. The van der Waals surface area contributed by atoms with Gasteiger partial charge in [-0.3, -0.25) is 14.7 Å².